The first kappa shape index (κ1) is 17.2. The number of amides is 2. The van der Waals surface area contributed by atoms with Gasteiger partial charge in [0, 0.05) is 26.1 Å². The van der Waals surface area contributed by atoms with E-state index in [1.54, 1.807) is 0 Å². The van der Waals surface area contributed by atoms with E-state index in [1.165, 1.54) is 11.1 Å². The summed E-state index contributed by atoms with van der Waals surface area (Å²) in [6, 6.07) is 18.2. The third kappa shape index (κ3) is 4.69. The van der Waals surface area contributed by atoms with Gasteiger partial charge in [0.1, 0.15) is 0 Å². The minimum absolute atomic E-state index is 0.0314. The maximum absolute atomic E-state index is 12.4. The second-order valence-electron chi connectivity index (χ2n) is 6.68. The average molecular weight is 336 g/mol. The summed E-state index contributed by atoms with van der Waals surface area (Å²) in [4.78, 5) is 26.3. The number of hydrogen-bond donors (Lipinski definition) is 1. The van der Waals surface area contributed by atoms with Crippen LogP contribution in [0.2, 0.25) is 0 Å². The van der Waals surface area contributed by atoms with E-state index in [1.807, 2.05) is 54.3 Å². The van der Waals surface area contributed by atoms with E-state index in [0.29, 0.717) is 26.1 Å². The van der Waals surface area contributed by atoms with Crippen LogP contribution in [-0.2, 0) is 22.6 Å². The zero-order valence-corrected chi connectivity index (χ0v) is 14.6. The van der Waals surface area contributed by atoms with E-state index >= 15 is 0 Å². The number of benzene rings is 2. The van der Waals surface area contributed by atoms with Crippen LogP contribution in [0, 0.1) is 12.8 Å². The Balaban J connectivity index is 1.47. The minimum atomic E-state index is -0.242. The molecule has 2 aromatic carbocycles. The monoisotopic (exact) mass is 336 g/mol. The molecule has 4 nitrogen and oxygen atoms in total. The molecule has 0 aliphatic carbocycles. The third-order valence-corrected chi connectivity index (χ3v) is 4.69. The van der Waals surface area contributed by atoms with E-state index in [2.05, 4.69) is 17.4 Å². The smallest absolute Gasteiger partial charge is 0.225 e. The zero-order chi connectivity index (χ0) is 17.6. The molecular formula is C21H24N2O2. The lowest BCUT2D eigenvalue weighted by Crippen LogP contribution is -2.33. The van der Waals surface area contributed by atoms with Crippen LogP contribution in [0.3, 0.4) is 0 Å². The Morgan fingerprint density at radius 2 is 1.80 bits per heavy atom. The van der Waals surface area contributed by atoms with Gasteiger partial charge in [0.2, 0.25) is 11.8 Å². The first-order valence-electron chi connectivity index (χ1n) is 8.77. The fourth-order valence-corrected chi connectivity index (χ4v) is 3.11. The highest BCUT2D eigenvalue weighted by Crippen LogP contribution is 2.18. The van der Waals surface area contributed by atoms with Gasteiger partial charge in [-0.05, 0) is 24.5 Å². The highest BCUT2D eigenvalue weighted by atomic mass is 16.2. The van der Waals surface area contributed by atoms with Crippen LogP contribution in [0.25, 0.3) is 0 Å². The molecule has 2 aromatic rings. The number of carbonyl (C=O) groups is 2. The highest BCUT2D eigenvalue weighted by Gasteiger charge is 2.33. The van der Waals surface area contributed by atoms with E-state index < -0.39 is 0 Å². The van der Waals surface area contributed by atoms with Crippen molar-refractivity contribution in [3.63, 3.8) is 0 Å². The van der Waals surface area contributed by atoms with Crippen molar-refractivity contribution in [1.29, 1.82) is 0 Å². The SMILES string of the molecule is Cc1ccc(CNC(=O)[C@H]2CC(=O)N(CCc3ccccc3)C2)cc1. The van der Waals surface area contributed by atoms with Crippen LogP contribution < -0.4 is 5.32 Å². The molecule has 130 valence electrons. The van der Waals surface area contributed by atoms with Gasteiger partial charge >= 0.3 is 0 Å². The number of aryl methyl sites for hydroxylation is 1. The highest BCUT2D eigenvalue weighted by molar-refractivity contribution is 5.89. The van der Waals surface area contributed by atoms with Gasteiger partial charge in [0.25, 0.3) is 0 Å². The molecule has 0 unspecified atom stereocenters. The van der Waals surface area contributed by atoms with Crippen molar-refractivity contribution in [2.45, 2.75) is 26.3 Å². The normalized spacial score (nSPS) is 16.9. The molecule has 0 bridgehead atoms. The number of carbonyl (C=O) groups excluding carboxylic acids is 2. The van der Waals surface area contributed by atoms with Crippen LogP contribution in [0.15, 0.2) is 54.6 Å². The lowest BCUT2D eigenvalue weighted by molar-refractivity contribution is -0.129. The van der Waals surface area contributed by atoms with E-state index in [9.17, 15) is 9.59 Å². The van der Waals surface area contributed by atoms with Crippen LogP contribution in [-0.4, -0.2) is 29.8 Å². The van der Waals surface area contributed by atoms with Gasteiger partial charge in [0.15, 0.2) is 0 Å². The molecule has 1 atom stereocenters. The largest absolute Gasteiger partial charge is 0.352 e. The average Bonchev–Trinajstić information content (AvgIpc) is 3.01. The van der Waals surface area contributed by atoms with Crippen LogP contribution in [0.5, 0.6) is 0 Å². The second-order valence-corrected chi connectivity index (χ2v) is 6.68. The van der Waals surface area contributed by atoms with Crippen molar-refractivity contribution >= 4 is 11.8 Å². The lowest BCUT2D eigenvalue weighted by Gasteiger charge is -2.16. The molecule has 1 saturated heterocycles. The molecule has 1 fully saturated rings. The van der Waals surface area contributed by atoms with Gasteiger partial charge in [-0.15, -0.1) is 0 Å². The molecule has 1 aliphatic heterocycles. The molecule has 1 aliphatic rings. The maximum atomic E-state index is 12.4. The third-order valence-electron chi connectivity index (χ3n) is 4.69. The number of likely N-dealkylation sites (tertiary alicyclic amines) is 1. The number of nitrogens with one attached hydrogen (secondary N) is 1. The van der Waals surface area contributed by atoms with Gasteiger partial charge < -0.3 is 10.2 Å². The van der Waals surface area contributed by atoms with Gasteiger partial charge in [-0.25, -0.2) is 0 Å². The fourth-order valence-electron chi connectivity index (χ4n) is 3.11. The molecule has 3 rings (SSSR count). The van der Waals surface area contributed by atoms with E-state index in [-0.39, 0.29) is 17.7 Å². The Kier molecular flexibility index (Phi) is 5.49. The maximum Gasteiger partial charge on any atom is 0.225 e. The second kappa shape index (κ2) is 7.97. The standard InChI is InChI=1S/C21H24N2O2/c1-16-7-9-18(10-8-16)14-22-21(25)19-13-20(24)23(15-19)12-11-17-5-3-2-4-6-17/h2-10,19H,11-15H2,1H3,(H,22,25)/t19-/m0/s1. The van der Waals surface area contributed by atoms with Gasteiger partial charge in [0.05, 0.1) is 5.92 Å². The summed E-state index contributed by atoms with van der Waals surface area (Å²) in [5.41, 5.74) is 3.48. The summed E-state index contributed by atoms with van der Waals surface area (Å²) in [5.74, 6) is -0.198. The number of rotatable bonds is 6. The Labute approximate surface area is 148 Å². The summed E-state index contributed by atoms with van der Waals surface area (Å²) < 4.78 is 0. The molecule has 0 aromatic heterocycles. The minimum Gasteiger partial charge on any atom is -0.352 e. The summed E-state index contributed by atoms with van der Waals surface area (Å²) in [6.07, 6.45) is 1.14. The zero-order valence-electron chi connectivity index (χ0n) is 14.6. The quantitative estimate of drug-likeness (QED) is 0.882. The molecule has 1 heterocycles. The molecule has 0 spiro atoms. The molecule has 1 N–H and O–H groups in total. The van der Waals surface area contributed by atoms with Gasteiger partial charge in [-0.1, -0.05) is 60.2 Å². The van der Waals surface area contributed by atoms with Crippen LogP contribution in [0.4, 0.5) is 0 Å². The molecule has 25 heavy (non-hydrogen) atoms. The van der Waals surface area contributed by atoms with Crippen molar-refractivity contribution < 1.29 is 9.59 Å². The van der Waals surface area contributed by atoms with Gasteiger partial charge in [-0.2, -0.15) is 0 Å². The Morgan fingerprint density at radius 3 is 2.52 bits per heavy atom. The Hall–Kier alpha value is -2.62. The molecule has 0 radical (unpaired) electrons. The van der Waals surface area contributed by atoms with Gasteiger partial charge in [-0.3, -0.25) is 9.59 Å². The summed E-state index contributed by atoms with van der Waals surface area (Å²) in [5, 5.41) is 2.96. The van der Waals surface area contributed by atoms with Crippen molar-refractivity contribution in [1.82, 2.24) is 10.2 Å². The molecule has 2 amide bonds. The predicted octanol–water partition coefficient (Wildman–Crippen LogP) is 2.70. The number of nitrogens with zero attached hydrogens (tertiary/aromatic N) is 1. The van der Waals surface area contributed by atoms with Crippen LogP contribution >= 0.6 is 0 Å². The predicted molar refractivity (Wildman–Crippen MR) is 97.9 cm³/mol. The van der Waals surface area contributed by atoms with E-state index in [0.717, 1.165) is 12.0 Å². The summed E-state index contributed by atoms with van der Waals surface area (Å²) in [6.45, 7) is 3.74. The molecule has 4 heteroatoms. The molecule has 0 saturated carbocycles. The first-order chi connectivity index (χ1) is 12.1. The van der Waals surface area contributed by atoms with Crippen molar-refractivity contribution in [2.75, 3.05) is 13.1 Å². The molecular weight excluding hydrogens is 312 g/mol. The first-order valence-corrected chi connectivity index (χ1v) is 8.77. The van der Waals surface area contributed by atoms with Crippen LogP contribution in [0.1, 0.15) is 23.1 Å². The Bertz CT molecular complexity index is 725. The number of hydrogen-bond acceptors (Lipinski definition) is 2. The summed E-state index contributed by atoms with van der Waals surface area (Å²) in [7, 11) is 0. The Morgan fingerprint density at radius 1 is 1.08 bits per heavy atom. The topological polar surface area (TPSA) is 49.4 Å². The van der Waals surface area contributed by atoms with Crippen molar-refractivity contribution in [3.8, 4) is 0 Å². The fraction of sp³-hybridized carbons (Fsp3) is 0.333. The summed E-state index contributed by atoms with van der Waals surface area (Å²) >= 11 is 0. The van der Waals surface area contributed by atoms with E-state index in [4.69, 9.17) is 0 Å². The van der Waals surface area contributed by atoms with Crippen molar-refractivity contribution in [3.05, 3.63) is 71.3 Å². The lowest BCUT2D eigenvalue weighted by atomic mass is 10.1. The van der Waals surface area contributed by atoms with Crippen molar-refractivity contribution in [2.24, 2.45) is 5.92 Å².